The minimum atomic E-state index is -4.35. The van der Waals surface area contributed by atoms with Gasteiger partial charge in [-0.25, -0.2) is 4.57 Å². The van der Waals surface area contributed by atoms with Crippen molar-refractivity contribution in [1.29, 1.82) is 0 Å². The molecule has 3 unspecified atom stereocenters. The second kappa shape index (κ2) is 43.7. The number of unbranched alkanes of at least 4 members (excludes halogenated alkanes) is 27. The summed E-state index contributed by atoms with van der Waals surface area (Å²) in [5.41, 5.74) is 0. The summed E-state index contributed by atoms with van der Waals surface area (Å²) < 4.78 is 23.6. The first kappa shape index (κ1) is 59.5. The maximum Gasteiger partial charge on any atom is 0.472 e. The number of aliphatic hydroxyl groups is 1. The van der Waals surface area contributed by atoms with Crippen LogP contribution in [0.1, 0.15) is 226 Å². The Labute approximate surface area is 378 Å². The van der Waals surface area contributed by atoms with Gasteiger partial charge in [-0.2, -0.15) is 0 Å². The van der Waals surface area contributed by atoms with Gasteiger partial charge < -0.3 is 19.8 Å². The number of nitrogens with one attached hydrogen (secondary N) is 1. The van der Waals surface area contributed by atoms with Gasteiger partial charge in [0.2, 0.25) is 5.91 Å². The predicted octanol–water partition coefficient (Wildman–Crippen LogP) is 14.8. The van der Waals surface area contributed by atoms with Gasteiger partial charge in [0.25, 0.3) is 0 Å². The first-order chi connectivity index (χ1) is 29.5. The first-order valence-corrected chi connectivity index (χ1v) is 27.0. The SMILES string of the molecule is CCCCCCCCCCC/C=C\C/C=C\CCCCCCCCCC(=O)NC(COP(=O)(O)OCC[N+](C)(C)C)C(O)/C=C/CC/C=C/CCCCCCCCCCCC. The largest absolute Gasteiger partial charge is 0.472 e. The normalized spacial score (nSPS) is 14.5. The molecule has 0 bridgehead atoms. The third-order valence-electron chi connectivity index (χ3n) is 11.3. The van der Waals surface area contributed by atoms with E-state index >= 15 is 0 Å². The highest BCUT2D eigenvalue weighted by atomic mass is 31.2. The topological polar surface area (TPSA) is 105 Å². The fraction of sp³-hybridized carbons (Fsp3) is 0.827. The highest BCUT2D eigenvalue weighted by molar-refractivity contribution is 7.47. The summed E-state index contributed by atoms with van der Waals surface area (Å²) in [6, 6.07) is -0.868. The van der Waals surface area contributed by atoms with E-state index in [2.05, 4.69) is 55.6 Å². The van der Waals surface area contributed by atoms with Crippen LogP contribution in [0, 0.1) is 0 Å². The number of quaternary nitrogens is 1. The van der Waals surface area contributed by atoms with E-state index in [-0.39, 0.29) is 19.1 Å². The lowest BCUT2D eigenvalue weighted by Gasteiger charge is -2.25. The second-order valence-electron chi connectivity index (χ2n) is 18.5. The molecule has 8 nitrogen and oxygen atoms in total. The van der Waals surface area contributed by atoms with Crippen LogP contribution in [0.25, 0.3) is 0 Å². The zero-order chi connectivity index (χ0) is 45.0. The summed E-state index contributed by atoms with van der Waals surface area (Å²) >= 11 is 0. The Kier molecular flexibility index (Phi) is 42.6. The Bertz CT molecular complexity index is 1130. The van der Waals surface area contributed by atoms with E-state index in [0.717, 1.165) is 51.4 Å². The van der Waals surface area contributed by atoms with Gasteiger partial charge in [-0.1, -0.05) is 204 Å². The van der Waals surface area contributed by atoms with Crippen molar-refractivity contribution in [1.82, 2.24) is 5.32 Å². The second-order valence-corrected chi connectivity index (χ2v) is 20.0. The van der Waals surface area contributed by atoms with E-state index in [4.69, 9.17) is 9.05 Å². The number of likely N-dealkylation sites (N-methyl/N-ethyl adjacent to an activating group) is 1. The summed E-state index contributed by atoms with van der Waals surface area (Å²) in [6.07, 6.45) is 56.2. The van der Waals surface area contributed by atoms with Gasteiger partial charge in [0.05, 0.1) is 39.9 Å². The molecule has 3 atom stereocenters. The molecule has 0 spiro atoms. The van der Waals surface area contributed by atoms with Crippen molar-refractivity contribution in [3.63, 3.8) is 0 Å². The first-order valence-electron chi connectivity index (χ1n) is 25.5. The monoisotopic (exact) mass is 880 g/mol. The standard InChI is InChI=1S/C52H99N2O6P/c1-6-8-10-12-14-16-18-20-22-24-25-26-27-28-29-30-32-34-36-38-40-42-44-46-52(56)53-50(49-60-61(57,58)59-48-47-54(3,4)5)51(55)45-43-41-39-37-35-33-31-23-21-19-17-15-13-11-9-7-2/h25-26,28-29,35,37,43,45,50-51,55H,6-24,27,30-34,36,38-42,44,46-49H2,1-5H3,(H-,53,56,57,58)/p+1/b26-25-,29-28-,37-35+,45-43+. The molecule has 0 aromatic rings. The minimum absolute atomic E-state index is 0.0534. The molecule has 0 aromatic carbocycles. The van der Waals surface area contributed by atoms with Crippen molar-refractivity contribution in [2.75, 3.05) is 40.9 Å². The Morgan fingerprint density at radius 1 is 0.557 bits per heavy atom. The van der Waals surface area contributed by atoms with Crippen LogP contribution < -0.4 is 5.32 Å². The van der Waals surface area contributed by atoms with E-state index in [1.807, 2.05) is 27.2 Å². The molecule has 0 aromatic heterocycles. The maximum absolute atomic E-state index is 12.9. The minimum Gasteiger partial charge on any atom is -0.387 e. The van der Waals surface area contributed by atoms with Gasteiger partial charge in [0.1, 0.15) is 13.2 Å². The van der Waals surface area contributed by atoms with Gasteiger partial charge in [0, 0.05) is 6.42 Å². The highest BCUT2D eigenvalue weighted by Crippen LogP contribution is 2.43. The molecular weight excluding hydrogens is 780 g/mol. The van der Waals surface area contributed by atoms with Crippen LogP contribution in [-0.4, -0.2) is 73.4 Å². The molecule has 3 N–H and O–H groups in total. The maximum atomic E-state index is 12.9. The molecule has 0 fully saturated rings. The average Bonchev–Trinajstić information content (AvgIpc) is 3.21. The van der Waals surface area contributed by atoms with Gasteiger partial charge in [-0.05, 0) is 64.2 Å². The van der Waals surface area contributed by atoms with Crippen LogP contribution in [-0.2, 0) is 18.4 Å². The fourth-order valence-corrected chi connectivity index (χ4v) is 7.94. The molecule has 1 amide bonds. The molecule has 0 aliphatic rings. The number of aliphatic hydroxyl groups excluding tert-OH is 1. The summed E-state index contributed by atoms with van der Waals surface area (Å²) in [5, 5.41) is 13.8. The number of hydrogen-bond acceptors (Lipinski definition) is 5. The fourth-order valence-electron chi connectivity index (χ4n) is 7.21. The van der Waals surface area contributed by atoms with E-state index in [0.29, 0.717) is 17.4 Å². The quantitative estimate of drug-likeness (QED) is 0.0243. The number of phosphoric ester groups is 1. The van der Waals surface area contributed by atoms with E-state index in [1.54, 1.807) is 6.08 Å². The van der Waals surface area contributed by atoms with E-state index in [9.17, 15) is 19.4 Å². The molecule has 0 heterocycles. The van der Waals surface area contributed by atoms with Crippen LogP contribution in [0.5, 0.6) is 0 Å². The Morgan fingerprint density at radius 3 is 1.41 bits per heavy atom. The van der Waals surface area contributed by atoms with Crippen molar-refractivity contribution in [3.8, 4) is 0 Å². The molecule has 0 aliphatic heterocycles. The third kappa shape index (κ3) is 46.3. The van der Waals surface area contributed by atoms with Crippen LogP contribution in [0.15, 0.2) is 48.6 Å². The lowest BCUT2D eigenvalue weighted by atomic mass is 10.1. The van der Waals surface area contributed by atoms with Crippen LogP contribution in [0.2, 0.25) is 0 Å². The molecule has 0 radical (unpaired) electrons. The molecule has 0 saturated carbocycles. The Balaban J connectivity index is 4.35. The van der Waals surface area contributed by atoms with Crippen molar-refractivity contribution in [2.24, 2.45) is 0 Å². The van der Waals surface area contributed by atoms with Crippen LogP contribution >= 0.6 is 7.82 Å². The van der Waals surface area contributed by atoms with Crippen molar-refractivity contribution in [3.05, 3.63) is 48.6 Å². The molecule has 9 heteroatoms. The van der Waals surface area contributed by atoms with Gasteiger partial charge in [-0.15, -0.1) is 0 Å². The molecule has 0 saturated heterocycles. The number of amides is 1. The van der Waals surface area contributed by atoms with Crippen LogP contribution in [0.3, 0.4) is 0 Å². The Hall–Kier alpha value is -1.54. The van der Waals surface area contributed by atoms with Crippen molar-refractivity contribution < 1.29 is 32.9 Å². The number of rotatable bonds is 46. The lowest BCUT2D eigenvalue weighted by molar-refractivity contribution is -0.870. The van der Waals surface area contributed by atoms with Gasteiger partial charge in [0.15, 0.2) is 0 Å². The lowest BCUT2D eigenvalue weighted by Crippen LogP contribution is -2.45. The molecule has 0 rings (SSSR count). The van der Waals surface area contributed by atoms with Gasteiger partial charge in [-0.3, -0.25) is 13.8 Å². The number of carbonyl (C=O) groups is 1. The molecular formula is C52H100N2O6P+. The van der Waals surface area contributed by atoms with Gasteiger partial charge >= 0.3 is 7.82 Å². The predicted molar refractivity (Wildman–Crippen MR) is 263 cm³/mol. The zero-order valence-corrected chi connectivity index (χ0v) is 41.5. The van der Waals surface area contributed by atoms with Crippen LogP contribution in [0.4, 0.5) is 0 Å². The smallest absolute Gasteiger partial charge is 0.387 e. The van der Waals surface area contributed by atoms with Crippen molar-refractivity contribution >= 4 is 13.7 Å². The van der Waals surface area contributed by atoms with E-state index in [1.165, 1.54) is 154 Å². The summed E-state index contributed by atoms with van der Waals surface area (Å²) in [7, 11) is 1.55. The van der Waals surface area contributed by atoms with E-state index < -0.39 is 20.0 Å². The molecule has 0 aliphatic carbocycles. The number of carbonyl (C=O) groups excluding carboxylic acids is 1. The Morgan fingerprint density at radius 2 is 0.951 bits per heavy atom. The average molecular weight is 880 g/mol. The molecule has 358 valence electrons. The highest BCUT2D eigenvalue weighted by Gasteiger charge is 2.27. The third-order valence-corrected chi connectivity index (χ3v) is 12.3. The summed E-state index contributed by atoms with van der Waals surface area (Å²) in [6.45, 7) is 4.79. The zero-order valence-electron chi connectivity index (χ0n) is 40.7. The summed E-state index contributed by atoms with van der Waals surface area (Å²) in [5.74, 6) is -0.195. The number of nitrogens with zero attached hydrogens (tertiary/aromatic N) is 1. The number of phosphoric acid groups is 1. The van der Waals surface area contributed by atoms with Crippen molar-refractivity contribution in [2.45, 2.75) is 238 Å². The number of hydrogen-bond donors (Lipinski definition) is 3. The summed E-state index contributed by atoms with van der Waals surface area (Å²) in [4.78, 5) is 23.2. The molecule has 61 heavy (non-hydrogen) atoms. The number of allylic oxidation sites excluding steroid dienone is 7.